The summed E-state index contributed by atoms with van der Waals surface area (Å²) in [7, 11) is 0. The van der Waals surface area contributed by atoms with Crippen LogP contribution in [0.2, 0.25) is 10.8 Å². The minimum atomic E-state index is 1.02. The number of nitrogens with zero attached hydrogens (tertiary/aromatic N) is 2. The van der Waals surface area contributed by atoms with Gasteiger partial charge in [0, 0.05) is 22.3 Å². The van der Waals surface area contributed by atoms with Crippen molar-refractivity contribution in [2.75, 3.05) is 0 Å². The van der Waals surface area contributed by atoms with Crippen LogP contribution in [0, 0.1) is 0 Å². The van der Waals surface area contributed by atoms with Gasteiger partial charge in [0.25, 0.3) is 0 Å². The molecule has 0 saturated heterocycles. The van der Waals surface area contributed by atoms with Gasteiger partial charge in [0.15, 0.2) is 0 Å². The second-order valence-corrected chi connectivity index (χ2v) is 18.3. The first-order valence-electron chi connectivity index (χ1n) is 24.8. The summed E-state index contributed by atoms with van der Waals surface area (Å²) in [6, 6.07) is 18.0. The summed E-state index contributed by atoms with van der Waals surface area (Å²) in [6.45, 7) is 13.7. The molecule has 58 heavy (non-hydrogen) atoms. The van der Waals surface area contributed by atoms with Crippen LogP contribution in [0.5, 0.6) is 0 Å². The van der Waals surface area contributed by atoms with Gasteiger partial charge >= 0.3 is 77.6 Å². The third-order valence-electron chi connectivity index (χ3n) is 11.6. The van der Waals surface area contributed by atoms with Crippen LogP contribution in [0.4, 0.5) is 0 Å². The fourth-order valence-corrected chi connectivity index (χ4v) is 9.22. The van der Waals surface area contributed by atoms with E-state index < -0.39 is 0 Å². The van der Waals surface area contributed by atoms with Gasteiger partial charge in [-0.1, -0.05) is 147 Å². The molecule has 330 valence electrons. The Balaban J connectivity index is 0.000000918. The van der Waals surface area contributed by atoms with Gasteiger partial charge < -0.3 is 5.53 Å². The molecule has 0 saturated carbocycles. The van der Waals surface area contributed by atoms with Crippen LogP contribution in [-0.2, 0) is 27.3 Å². The molecule has 0 spiro atoms. The zero-order valence-electron chi connectivity index (χ0n) is 38.9. The van der Waals surface area contributed by atoms with E-state index in [-0.39, 0.29) is 0 Å². The van der Waals surface area contributed by atoms with Crippen LogP contribution in [0.1, 0.15) is 237 Å². The minimum absolute atomic E-state index is 1.02. The van der Waals surface area contributed by atoms with Crippen LogP contribution < -0.4 is 0 Å². The Morgan fingerprint density at radius 2 is 0.931 bits per heavy atom. The molecule has 1 aliphatic rings. The Kier molecular flexibility index (Phi) is 31.8. The molecular weight excluding hydrogens is 747 g/mol. The molecule has 3 rings (SSSR count). The van der Waals surface area contributed by atoms with E-state index in [2.05, 4.69) is 102 Å². The van der Waals surface area contributed by atoms with Gasteiger partial charge in [0.2, 0.25) is 11.4 Å². The van der Waals surface area contributed by atoms with E-state index in [1.165, 1.54) is 173 Å². The van der Waals surface area contributed by atoms with Crippen molar-refractivity contribution in [3.8, 4) is 0 Å². The third kappa shape index (κ3) is 21.3. The SMILES string of the molecule is CCCCCCC=CCCCc1ccccc1C1=C(CCCCCCCC)C(CCCC)=C(c2ccc(CCCCCC)cc2)[N+]1=[N-].CCCC[CH2][Ni][CH2]CCCC. The third-order valence-corrected chi connectivity index (χ3v) is 13.0. The van der Waals surface area contributed by atoms with Crippen LogP contribution in [0.15, 0.2) is 71.8 Å². The van der Waals surface area contributed by atoms with E-state index in [4.69, 9.17) is 0 Å². The van der Waals surface area contributed by atoms with Gasteiger partial charge in [-0.3, -0.25) is 0 Å². The summed E-state index contributed by atoms with van der Waals surface area (Å²) >= 11 is 1.97. The predicted octanol–water partition coefficient (Wildman–Crippen LogP) is 19.1. The number of hydrogen-bond acceptors (Lipinski definition) is 0. The summed E-state index contributed by atoms with van der Waals surface area (Å²) < 4.78 is 1.60. The molecule has 1 heterocycles. The number of aryl methyl sites for hydroxylation is 2. The molecule has 3 heteroatoms. The van der Waals surface area contributed by atoms with Crippen molar-refractivity contribution in [2.24, 2.45) is 0 Å². The van der Waals surface area contributed by atoms with Gasteiger partial charge in [-0.2, -0.15) is 0 Å². The molecule has 2 aromatic rings. The zero-order chi connectivity index (χ0) is 41.9. The number of benzene rings is 2. The van der Waals surface area contributed by atoms with Gasteiger partial charge in [0.1, 0.15) is 0 Å². The molecule has 0 aliphatic carbocycles. The second kappa shape index (κ2) is 35.5. The Bertz CT molecular complexity index is 1410. The summed E-state index contributed by atoms with van der Waals surface area (Å²) in [5.41, 5.74) is 22.2. The maximum atomic E-state index is 12.2. The Morgan fingerprint density at radius 1 is 0.448 bits per heavy atom. The van der Waals surface area contributed by atoms with Crippen molar-refractivity contribution in [1.29, 1.82) is 0 Å². The normalized spacial score (nSPS) is 13.0. The molecule has 0 fully saturated rings. The number of hydrogen-bond donors (Lipinski definition) is 0. The molecule has 0 unspecified atom stereocenters. The van der Waals surface area contributed by atoms with E-state index in [1.54, 1.807) is 4.70 Å². The van der Waals surface area contributed by atoms with Crippen molar-refractivity contribution in [2.45, 2.75) is 239 Å². The molecule has 2 nitrogen and oxygen atoms in total. The molecule has 0 amide bonds. The first-order valence-corrected chi connectivity index (χ1v) is 26.2. The summed E-state index contributed by atoms with van der Waals surface area (Å²) in [6.07, 6.45) is 41.3. The molecule has 2 aromatic carbocycles. The van der Waals surface area contributed by atoms with Crippen molar-refractivity contribution in [3.05, 3.63) is 99.6 Å². The second-order valence-electron chi connectivity index (χ2n) is 16.9. The van der Waals surface area contributed by atoms with Crippen LogP contribution >= 0.6 is 0 Å². The van der Waals surface area contributed by atoms with Gasteiger partial charge in [-0.15, -0.1) is 0 Å². The van der Waals surface area contributed by atoms with E-state index in [0.29, 0.717) is 0 Å². The monoisotopic (exact) mass is 837 g/mol. The standard InChI is InChI=1S/C45H68N2.2C5H11.Ni/c1-5-9-13-16-18-19-20-21-24-29-39-30-26-27-32-41(39)45-43(33-25-22-17-14-10-6-2)42(31-12-8-4)44(47(45)46)40-36-34-38(35-37-40)28-23-15-11-7-3;2*1-3-5-4-2;/h19-20,26-27,30,32,34-37H,5-18,21-25,28-29,31,33H2,1-4H3;2*1,3-5H2,2H3;. The Hall–Kier alpha value is -2.25. The summed E-state index contributed by atoms with van der Waals surface area (Å²) in [4.78, 5) is 0. The van der Waals surface area contributed by atoms with E-state index in [9.17, 15) is 5.53 Å². The quantitative estimate of drug-likeness (QED) is 0.0290. The van der Waals surface area contributed by atoms with Crippen LogP contribution in [-0.4, -0.2) is 4.70 Å². The molecule has 1 aliphatic heterocycles. The molecule has 0 aromatic heterocycles. The van der Waals surface area contributed by atoms with Crippen molar-refractivity contribution in [3.63, 3.8) is 0 Å². The average molecular weight is 838 g/mol. The molecule has 0 bridgehead atoms. The van der Waals surface area contributed by atoms with Crippen LogP contribution in [0.25, 0.3) is 16.9 Å². The number of allylic oxidation sites excluding steroid dienone is 4. The predicted molar refractivity (Wildman–Crippen MR) is 255 cm³/mol. The fraction of sp³-hybridized carbons (Fsp3) is 0.673. The van der Waals surface area contributed by atoms with E-state index in [1.807, 2.05) is 14.4 Å². The first-order chi connectivity index (χ1) is 28.6. The Morgan fingerprint density at radius 3 is 1.57 bits per heavy atom. The van der Waals surface area contributed by atoms with Crippen molar-refractivity contribution >= 4 is 11.4 Å². The summed E-state index contributed by atoms with van der Waals surface area (Å²) in [5.74, 6) is 0. The van der Waals surface area contributed by atoms with Crippen molar-refractivity contribution < 1.29 is 19.1 Å². The number of unbranched alkanes of at least 4 members (excludes halogenated alkanes) is 18. The molecular formula is C55H90N2Ni. The van der Waals surface area contributed by atoms with Crippen molar-refractivity contribution in [1.82, 2.24) is 0 Å². The first kappa shape index (κ1) is 51.9. The van der Waals surface area contributed by atoms with E-state index >= 15 is 0 Å². The van der Waals surface area contributed by atoms with E-state index in [0.717, 1.165) is 68.3 Å². The maximum absolute atomic E-state index is 12.2. The fourth-order valence-electron chi connectivity index (χ4n) is 7.99. The molecule has 0 radical (unpaired) electrons. The zero-order valence-corrected chi connectivity index (χ0v) is 39.9. The number of rotatable bonds is 34. The van der Waals surface area contributed by atoms with Crippen LogP contribution in [0.3, 0.4) is 0 Å². The molecule has 0 atom stereocenters. The van der Waals surface area contributed by atoms with Gasteiger partial charge in [-0.05, 0) is 100.0 Å². The topological polar surface area (TPSA) is 25.3 Å². The van der Waals surface area contributed by atoms with Gasteiger partial charge in [-0.25, -0.2) is 4.70 Å². The average Bonchev–Trinajstić information content (AvgIpc) is 3.52. The summed E-state index contributed by atoms with van der Waals surface area (Å²) in [5, 5.41) is 2.81. The molecule has 0 N–H and O–H groups in total. The Labute approximate surface area is 366 Å². The van der Waals surface area contributed by atoms with Gasteiger partial charge in [0.05, 0.1) is 0 Å².